The molecule has 3 fully saturated rings. The van der Waals surface area contributed by atoms with E-state index in [1.54, 1.807) is 6.07 Å². The number of halogens is 1. The predicted molar refractivity (Wildman–Crippen MR) is 78.7 cm³/mol. The minimum absolute atomic E-state index is 0.0554. The molecule has 1 atom stereocenters. The smallest absolute Gasteiger partial charge is 0.170 e. The SMILES string of the molecule is NC(=NO)c1cc(F)ccc1CNC1CN2CCC1CC2. The fraction of sp³-hybridized carbons (Fsp3) is 0.533. The molecule has 1 unspecified atom stereocenters. The molecule has 0 amide bonds. The molecule has 2 bridgehead atoms. The van der Waals surface area contributed by atoms with Gasteiger partial charge in [-0.1, -0.05) is 11.2 Å². The number of rotatable bonds is 4. The van der Waals surface area contributed by atoms with Gasteiger partial charge >= 0.3 is 0 Å². The zero-order valence-corrected chi connectivity index (χ0v) is 11.9. The molecule has 6 heteroatoms. The van der Waals surface area contributed by atoms with Crippen LogP contribution in [0.1, 0.15) is 24.0 Å². The molecule has 0 saturated carbocycles. The van der Waals surface area contributed by atoms with Crippen molar-refractivity contribution in [2.75, 3.05) is 19.6 Å². The van der Waals surface area contributed by atoms with Crippen LogP contribution in [0.15, 0.2) is 23.4 Å². The number of hydrogen-bond donors (Lipinski definition) is 3. The number of piperidine rings is 3. The van der Waals surface area contributed by atoms with Crippen LogP contribution in [-0.4, -0.2) is 41.6 Å². The van der Waals surface area contributed by atoms with Crippen molar-refractivity contribution in [3.63, 3.8) is 0 Å². The van der Waals surface area contributed by atoms with Crippen LogP contribution < -0.4 is 11.1 Å². The Morgan fingerprint density at radius 3 is 2.81 bits per heavy atom. The van der Waals surface area contributed by atoms with Gasteiger partial charge in [0.2, 0.25) is 0 Å². The molecule has 1 aromatic rings. The quantitative estimate of drug-likeness (QED) is 0.336. The lowest BCUT2D eigenvalue weighted by Crippen LogP contribution is -2.55. The number of nitrogens with one attached hydrogen (secondary N) is 1. The second-order valence-electron chi connectivity index (χ2n) is 5.91. The van der Waals surface area contributed by atoms with E-state index in [9.17, 15) is 4.39 Å². The highest BCUT2D eigenvalue weighted by Gasteiger charge is 2.33. The topological polar surface area (TPSA) is 73.9 Å². The molecule has 3 aliphatic rings. The summed E-state index contributed by atoms with van der Waals surface area (Å²) in [5.74, 6) is 0.283. The lowest BCUT2D eigenvalue weighted by Gasteiger charge is -2.45. The number of amidine groups is 1. The lowest BCUT2D eigenvalue weighted by molar-refractivity contribution is 0.0720. The molecular formula is C15H21FN4O. The summed E-state index contributed by atoms with van der Waals surface area (Å²) in [6.07, 6.45) is 2.49. The summed E-state index contributed by atoms with van der Waals surface area (Å²) in [7, 11) is 0. The molecule has 3 heterocycles. The number of benzene rings is 1. The second-order valence-corrected chi connectivity index (χ2v) is 5.91. The largest absolute Gasteiger partial charge is 0.409 e. The van der Waals surface area contributed by atoms with Gasteiger partial charge in [0.15, 0.2) is 5.84 Å². The molecule has 21 heavy (non-hydrogen) atoms. The van der Waals surface area contributed by atoms with Crippen LogP contribution in [0, 0.1) is 11.7 Å². The summed E-state index contributed by atoms with van der Waals surface area (Å²) in [4.78, 5) is 2.48. The highest BCUT2D eigenvalue weighted by molar-refractivity contribution is 5.98. The van der Waals surface area contributed by atoms with Gasteiger partial charge in [-0.15, -0.1) is 0 Å². The molecule has 0 radical (unpaired) electrons. The molecule has 0 aliphatic carbocycles. The fourth-order valence-electron chi connectivity index (χ4n) is 3.43. The summed E-state index contributed by atoms with van der Waals surface area (Å²) >= 11 is 0. The molecule has 4 rings (SSSR count). The third kappa shape index (κ3) is 3.01. The van der Waals surface area contributed by atoms with Crippen molar-refractivity contribution in [3.8, 4) is 0 Å². The summed E-state index contributed by atoms with van der Waals surface area (Å²) in [6, 6.07) is 4.87. The van der Waals surface area contributed by atoms with Gasteiger partial charge in [-0.25, -0.2) is 4.39 Å². The van der Waals surface area contributed by atoms with Crippen LogP contribution in [0.2, 0.25) is 0 Å². The van der Waals surface area contributed by atoms with E-state index in [1.165, 1.54) is 38.1 Å². The van der Waals surface area contributed by atoms with Crippen molar-refractivity contribution < 1.29 is 9.60 Å². The maximum Gasteiger partial charge on any atom is 0.170 e. The number of hydrogen-bond acceptors (Lipinski definition) is 4. The van der Waals surface area contributed by atoms with Gasteiger partial charge in [-0.05, 0) is 49.5 Å². The molecule has 114 valence electrons. The Morgan fingerprint density at radius 1 is 1.43 bits per heavy atom. The van der Waals surface area contributed by atoms with Crippen LogP contribution >= 0.6 is 0 Å². The van der Waals surface area contributed by atoms with Crippen LogP contribution in [-0.2, 0) is 6.54 Å². The minimum atomic E-state index is -0.386. The van der Waals surface area contributed by atoms with Crippen molar-refractivity contribution >= 4 is 5.84 Å². The van der Waals surface area contributed by atoms with Gasteiger partial charge in [-0.3, -0.25) is 0 Å². The van der Waals surface area contributed by atoms with E-state index in [2.05, 4.69) is 15.4 Å². The van der Waals surface area contributed by atoms with Gasteiger partial charge in [-0.2, -0.15) is 0 Å². The van der Waals surface area contributed by atoms with Crippen molar-refractivity contribution in [1.82, 2.24) is 10.2 Å². The number of nitrogens with zero attached hydrogens (tertiary/aromatic N) is 2. The van der Waals surface area contributed by atoms with Crippen molar-refractivity contribution in [2.45, 2.75) is 25.4 Å². The highest BCUT2D eigenvalue weighted by Crippen LogP contribution is 2.27. The normalized spacial score (nSPS) is 28.8. The van der Waals surface area contributed by atoms with Crippen LogP contribution in [0.4, 0.5) is 4.39 Å². The maximum atomic E-state index is 13.3. The third-order valence-corrected chi connectivity index (χ3v) is 4.67. The first kappa shape index (κ1) is 14.3. The summed E-state index contributed by atoms with van der Waals surface area (Å²) in [5.41, 5.74) is 6.93. The van der Waals surface area contributed by atoms with E-state index in [0.717, 1.165) is 18.0 Å². The Hall–Kier alpha value is -1.66. The standard InChI is InChI=1S/C15H21FN4O/c16-12-2-1-11(13(7-12)15(17)19-21)8-18-14-9-20-5-3-10(14)4-6-20/h1-2,7,10,14,18,21H,3-6,8-9H2,(H2,17,19). The summed E-state index contributed by atoms with van der Waals surface area (Å²) < 4.78 is 13.3. The average molecular weight is 292 g/mol. The molecule has 3 aliphatic heterocycles. The molecule has 5 nitrogen and oxygen atoms in total. The zero-order chi connectivity index (χ0) is 14.8. The monoisotopic (exact) mass is 292 g/mol. The van der Waals surface area contributed by atoms with Crippen molar-refractivity contribution in [2.24, 2.45) is 16.8 Å². The first-order valence-corrected chi connectivity index (χ1v) is 7.39. The Labute approximate surface area is 123 Å². The second kappa shape index (κ2) is 5.99. The van der Waals surface area contributed by atoms with Gasteiger partial charge in [0.25, 0.3) is 0 Å². The van der Waals surface area contributed by atoms with Gasteiger partial charge in [0.05, 0.1) is 0 Å². The van der Waals surface area contributed by atoms with Crippen molar-refractivity contribution in [3.05, 3.63) is 35.1 Å². The van der Waals surface area contributed by atoms with E-state index in [0.29, 0.717) is 18.2 Å². The first-order valence-electron chi connectivity index (χ1n) is 7.39. The third-order valence-electron chi connectivity index (χ3n) is 4.67. The molecular weight excluding hydrogens is 271 g/mol. The minimum Gasteiger partial charge on any atom is -0.409 e. The van der Waals surface area contributed by atoms with E-state index >= 15 is 0 Å². The maximum absolute atomic E-state index is 13.3. The Morgan fingerprint density at radius 2 is 2.19 bits per heavy atom. The van der Waals surface area contributed by atoms with Crippen molar-refractivity contribution in [1.29, 1.82) is 0 Å². The van der Waals surface area contributed by atoms with Crippen LogP contribution in [0.25, 0.3) is 0 Å². The summed E-state index contributed by atoms with van der Waals surface area (Å²) in [5, 5.41) is 15.4. The van der Waals surface area contributed by atoms with Crippen LogP contribution in [0.5, 0.6) is 0 Å². The molecule has 0 spiro atoms. The van der Waals surface area contributed by atoms with Gasteiger partial charge in [0, 0.05) is 24.7 Å². The van der Waals surface area contributed by atoms with E-state index in [1.807, 2.05) is 0 Å². The molecule has 0 aromatic heterocycles. The average Bonchev–Trinajstić information content (AvgIpc) is 2.54. The number of fused-ring (bicyclic) bond motifs is 3. The Bertz CT molecular complexity index is 540. The fourth-order valence-corrected chi connectivity index (χ4v) is 3.43. The van der Waals surface area contributed by atoms with E-state index in [-0.39, 0.29) is 11.7 Å². The van der Waals surface area contributed by atoms with Gasteiger partial charge < -0.3 is 21.2 Å². The summed E-state index contributed by atoms with van der Waals surface area (Å²) in [6.45, 7) is 4.08. The Balaban J connectivity index is 1.70. The molecule has 1 aromatic carbocycles. The first-order chi connectivity index (χ1) is 10.2. The highest BCUT2D eigenvalue weighted by atomic mass is 19.1. The number of nitrogens with two attached hydrogens (primary N) is 1. The lowest BCUT2D eigenvalue weighted by atomic mass is 9.84. The Kier molecular flexibility index (Phi) is 4.07. The predicted octanol–water partition coefficient (Wildman–Crippen LogP) is 1.10. The number of oxime groups is 1. The molecule has 4 N–H and O–H groups in total. The van der Waals surface area contributed by atoms with Gasteiger partial charge in [0.1, 0.15) is 5.82 Å². The van der Waals surface area contributed by atoms with E-state index in [4.69, 9.17) is 10.9 Å². The molecule has 3 saturated heterocycles. The zero-order valence-electron chi connectivity index (χ0n) is 11.9. The van der Waals surface area contributed by atoms with Crippen LogP contribution in [0.3, 0.4) is 0 Å². The van der Waals surface area contributed by atoms with E-state index < -0.39 is 0 Å².